The van der Waals surface area contributed by atoms with E-state index in [2.05, 4.69) is 4.99 Å². The largest absolute Gasteiger partial charge is 0.493 e. The number of carbonyl (C=O) groups excluding carboxylic acids is 2. The average molecular weight is 376 g/mol. The second kappa shape index (κ2) is 6.89. The molecule has 130 valence electrons. The predicted molar refractivity (Wildman–Crippen MR) is 95.5 cm³/mol. The van der Waals surface area contributed by atoms with Crippen LogP contribution in [-0.2, 0) is 20.9 Å². The minimum absolute atomic E-state index is 0.0925. The van der Waals surface area contributed by atoms with Crippen molar-refractivity contribution in [2.45, 2.75) is 26.8 Å². The highest BCUT2D eigenvalue weighted by atomic mass is 32.1. The highest BCUT2D eigenvalue weighted by Gasteiger charge is 2.25. The molecule has 0 bridgehead atoms. The molecule has 0 fully saturated rings. The predicted octanol–water partition coefficient (Wildman–Crippen LogP) is 1.61. The van der Waals surface area contributed by atoms with Gasteiger partial charge in [-0.1, -0.05) is 18.2 Å². The number of aryl methyl sites for hydroxylation is 1. The summed E-state index contributed by atoms with van der Waals surface area (Å²) in [5.41, 5.74) is 1.24. The molecule has 6 nitrogen and oxygen atoms in total. The van der Waals surface area contributed by atoms with Gasteiger partial charge in [0.05, 0.1) is 24.0 Å². The van der Waals surface area contributed by atoms with Crippen LogP contribution < -0.4 is 10.6 Å². The molecule has 2 heterocycles. The molecule has 0 atom stereocenters. The third-order valence-electron chi connectivity index (χ3n) is 3.87. The van der Waals surface area contributed by atoms with Crippen LogP contribution in [0.1, 0.15) is 23.8 Å². The van der Waals surface area contributed by atoms with Crippen LogP contribution >= 0.6 is 23.6 Å². The van der Waals surface area contributed by atoms with E-state index in [4.69, 9.17) is 17.0 Å². The third-order valence-corrected chi connectivity index (χ3v) is 5.33. The highest BCUT2D eigenvalue weighted by Crippen LogP contribution is 2.32. The molecule has 0 spiro atoms. The van der Waals surface area contributed by atoms with Crippen molar-refractivity contribution in [3.63, 3.8) is 0 Å². The molecular formula is C17H16N2O4S2. The number of hydrogen-bond donors (Lipinski definition) is 1. The SMILES string of the molecule is CCOC(=O)CCn1c(O)c(C2=c3cccc(C)c3=NC2=O)sc1=S. The molecule has 0 saturated heterocycles. The molecule has 1 amide bonds. The summed E-state index contributed by atoms with van der Waals surface area (Å²) in [4.78, 5) is 28.4. The van der Waals surface area contributed by atoms with Gasteiger partial charge in [0.25, 0.3) is 5.91 Å². The van der Waals surface area contributed by atoms with Gasteiger partial charge < -0.3 is 9.84 Å². The number of esters is 1. The Morgan fingerprint density at radius 2 is 2.20 bits per heavy atom. The molecule has 1 aromatic heterocycles. The standard InChI is InChI=1S/C17H16N2O4S2/c1-3-23-11(20)7-8-19-16(22)14(25-17(19)24)12-10-6-4-5-9(2)13(10)18-15(12)21/h4-6,22H,3,7-8H2,1-2H3. The van der Waals surface area contributed by atoms with Gasteiger partial charge in [0, 0.05) is 11.8 Å². The van der Waals surface area contributed by atoms with Gasteiger partial charge in [0.15, 0.2) is 3.95 Å². The number of nitrogens with zero attached hydrogens (tertiary/aromatic N) is 2. The van der Waals surface area contributed by atoms with Crippen molar-refractivity contribution in [2.24, 2.45) is 4.99 Å². The van der Waals surface area contributed by atoms with Crippen molar-refractivity contribution < 1.29 is 19.4 Å². The smallest absolute Gasteiger partial charge is 0.307 e. The van der Waals surface area contributed by atoms with Crippen molar-refractivity contribution in [2.75, 3.05) is 6.61 Å². The number of rotatable bonds is 5. The van der Waals surface area contributed by atoms with Gasteiger partial charge in [-0.3, -0.25) is 14.2 Å². The van der Waals surface area contributed by atoms with Crippen molar-refractivity contribution in [3.05, 3.63) is 43.2 Å². The Bertz CT molecular complexity index is 1050. The molecule has 0 aliphatic carbocycles. The van der Waals surface area contributed by atoms with E-state index in [1.807, 2.05) is 19.1 Å². The lowest BCUT2D eigenvalue weighted by atomic mass is 10.1. The molecule has 0 radical (unpaired) electrons. The highest BCUT2D eigenvalue weighted by molar-refractivity contribution is 7.73. The van der Waals surface area contributed by atoms with Gasteiger partial charge in [-0.05, 0) is 31.6 Å². The topological polar surface area (TPSA) is 80.9 Å². The normalized spacial score (nSPS) is 12.9. The van der Waals surface area contributed by atoms with E-state index in [9.17, 15) is 14.7 Å². The molecular weight excluding hydrogens is 360 g/mol. The molecule has 2 aromatic rings. The van der Waals surface area contributed by atoms with E-state index in [1.165, 1.54) is 4.57 Å². The maximum absolute atomic E-state index is 12.4. The first-order valence-electron chi connectivity index (χ1n) is 7.75. The van der Waals surface area contributed by atoms with Crippen LogP contribution in [-0.4, -0.2) is 28.2 Å². The van der Waals surface area contributed by atoms with Crippen LogP contribution in [0, 0.1) is 10.9 Å². The minimum Gasteiger partial charge on any atom is -0.493 e. The fourth-order valence-corrected chi connectivity index (χ4v) is 4.09. The summed E-state index contributed by atoms with van der Waals surface area (Å²) in [7, 11) is 0. The first-order chi connectivity index (χ1) is 11.9. The number of benzene rings is 1. The summed E-state index contributed by atoms with van der Waals surface area (Å²) < 4.78 is 6.72. The lowest BCUT2D eigenvalue weighted by molar-refractivity contribution is -0.143. The number of ether oxygens (including phenoxy) is 1. The zero-order valence-electron chi connectivity index (χ0n) is 13.7. The summed E-state index contributed by atoms with van der Waals surface area (Å²) in [6, 6.07) is 5.53. The monoisotopic (exact) mass is 376 g/mol. The second-order valence-electron chi connectivity index (χ2n) is 5.49. The third kappa shape index (κ3) is 3.14. The van der Waals surface area contributed by atoms with Crippen LogP contribution in [0.4, 0.5) is 0 Å². The van der Waals surface area contributed by atoms with Crippen LogP contribution in [0.3, 0.4) is 0 Å². The molecule has 0 saturated carbocycles. The molecule has 3 rings (SSSR count). The quantitative estimate of drug-likeness (QED) is 0.633. The lowest BCUT2D eigenvalue weighted by Crippen LogP contribution is -2.25. The molecule has 8 heteroatoms. The van der Waals surface area contributed by atoms with E-state index in [0.29, 0.717) is 31.6 Å². The summed E-state index contributed by atoms with van der Waals surface area (Å²) in [5.74, 6) is -0.877. The Hall–Kier alpha value is -2.32. The number of aromatic nitrogens is 1. The van der Waals surface area contributed by atoms with Crippen LogP contribution in [0.25, 0.3) is 5.57 Å². The van der Waals surface area contributed by atoms with Gasteiger partial charge in [-0.15, -0.1) is 11.3 Å². The Morgan fingerprint density at radius 3 is 2.92 bits per heavy atom. The van der Waals surface area contributed by atoms with Gasteiger partial charge in [0.1, 0.15) is 4.88 Å². The number of aromatic hydroxyl groups is 1. The molecule has 1 aliphatic rings. The van der Waals surface area contributed by atoms with E-state index < -0.39 is 5.91 Å². The fraction of sp³-hybridized carbons (Fsp3) is 0.294. The molecule has 25 heavy (non-hydrogen) atoms. The molecule has 1 aliphatic heterocycles. The Kier molecular flexibility index (Phi) is 4.82. The number of fused-ring (bicyclic) bond motifs is 1. The number of carbonyl (C=O) groups is 2. The van der Waals surface area contributed by atoms with Crippen molar-refractivity contribution in [3.8, 4) is 5.88 Å². The average Bonchev–Trinajstić information content (AvgIpc) is 3.03. The Balaban J connectivity index is 2.06. The number of para-hydroxylation sites is 1. The summed E-state index contributed by atoms with van der Waals surface area (Å²) in [5, 5.41) is 11.9. The minimum atomic E-state index is -0.395. The summed E-state index contributed by atoms with van der Waals surface area (Å²) >= 11 is 6.42. The zero-order valence-corrected chi connectivity index (χ0v) is 15.4. The lowest BCUT2D eigenvalue weighted by Gasteiger charge is -2.05. The zero-order chi connectivity index (χ0) is 18.1. The van der Waals surface area contributed by atoms with Crippen LogP contribution in [0.5, 0.6) is 5.88 Å². The van der Waals surface area contributed by atoms with Crippen LogP contribution in [0.2, 0.25) is 0 Å². The van der Waals surface area contributed by atoms with Gasteiger partial charge in [-0.25, -0.2) is 4.99 Å². The first kappa shape index (κ1) is 17.5. The number of amides is 1. The first-order valence-corrected chi connectivity index (χ1v) is 8.98. The van der Waals surface area contributed by atoms with Crippen molar-refractivity contribution in [1.29, 1.82) is 0 Å². The maximum Gasteiger partial charge on any atom is 0.307 e. The summed E-state index contributed by atoms with van der Waals surface area (Å²) in [6.07, 6.45) is 0.0925. The second-order valence-corrected chi connectivity index (χ2v) is 7.13. The van der Waals surface area contributed by atoms with Crippen molar-refractivity contribution >= 4 is 41.0 Å². The molecule has 0 unspecified atom stereocenters. The summed E-state index contributed by atoms with van der Waals surface area (Å²) in [6.45, 7) is 4.11. The maximum atomic E-state index is 12.4. The van der Waals surface area contributed by atoms with E-state index >= 15 is 0 Å². The Morgan fingerprint density at radius 1 is 1.44 bits per heavy atom. The van der Waals surface area contributed by atoms with Gasteiger partial charge in [-0.2, -0.15) is 0 Å². The van der Waals surface area contributed by atoms with E-state index in [-0.39, 0.29) is 24.8 Å². The van der Waals surface area contributed by atoms with Gasteiger partial charge in [0.2, 0.25) is 5.88 Å². The van der Waals surface area contributed by atoms with Crippen LogP contribution in [0.15, 0.2) is 23.2 Å². The number of thiazole rings is 1. The van der Waals surface area contributed by atoms with Crippen molar-refractivity contribution in [1.82, 2.24) is 4.57 Å². The van der Waals surface area contributed by atoms with Gasteiger partial charge >= 0.3 is 5.97 Å². The van der Waals surface area contributed by atoms with E-state index in [1.54, 1.807) is 13.0 Å². The van der Waals surface area contributed by atoms with E-state index in [0.717, 1.165) is 16.9 Å². The Labute approximate surface area is 152 Å². The fourth-order valence-electron chi connectivity index (χ4n) is 2.69. The number of hydrogen-bond acceptors (Lipinski definition) is 6. The molecule has 1 N–H and O–H groups in total. The molecule has 1 aromatic carbocycles.